The Balaban J connectivity index is 1.43. The summed E-state index contributed by atoms with van der Waals surface area (Å²) in [6.07, 6.45) is 6.79. The Labute approximate surface area is 206 Å². The fourth-order valence-corrected chi connectivity index (χ4v) is 4.64. The van der Waals surface area contributed by atoms with Crippen LogP contribution in [0.1, 0.15) is 17.7 Å². The number of anilines is 2. The Bertz CT molecular complexity index is 1170. The highest BCUT2D eigenvalue weighted by atomic mass is 16.2. The van der Waals surface area contributed by atoms with Crippen molar-refractivity contribution in [2.45, 2.75) is 25.4 Å². The van der Waals surface area contributed by atoms with Gasteiger partial charge in [-0.05, 0) is 42.3 Å². The average Bonchev–Trinajstić information content (AvgIpc) is 2.86. The number of piperazine rings is 1. The van der Waals surface area contributed by atoms with E-state index in [1.807, 2.05) is 36.5 Å². The summed E-state index contributed by atoms with van der Waals surface area (Å²) in [5, 5.41) is 6.54. The highest BCUT2D eigenvalue weighted by Crippen LogP contribution is 2.21. The highest BCUT2D eigenvalue weighted by Gasteiger charge is 2.21. The van der Waals surface area contributed by atoms with Crippen molar-refractivity contribution in [1.82, 2.24) is 30.1 Å². The second-order valence-corrected chi connectivity index (χ2v) is 9.17. The molecule has 1 fully saturated rings. The summed E-state index contributed by atoms with van der Waals surface area (Å²) in [7, 11) is 0. The number of nitrogens with zero attached hydrogens (tertiary/aromatic N) is 5. The molecule has 0 saturated carbocycles. The van der Waals surface area contributed by atoms with Gasteiger partial charge in [-0.2, -0.15) is 0 Å². The molecule has 1 unspecified atom stereocenters. The van der Waals surface area contributed by atoms with Gasteiger partial charge >= 0.3 is 0 Å². The van der Waals surface area contributed by atoms with Gasteiger partial charge in [-0.15, -0.1) is 6.58 Å². The number of pyridine rings is 1. The van der Waals surface area contributed by atoms with Crippen molar-refractivity contribution in [1.29, 1.82) is 0 Å². The Morgan fingerprint density at radius 1 is 1.03 bits per heavy atom. The minimum Gasteiger partial charge on any atom is -0.352 e. The first-order valence-corrected chi connectivity index (χ1v) is 12.1. The van der Waals surface area contributed by atoms with Gasteiger partial charge in [0.05, 0.1) is 12.2 Å². The normalized spacial score (nSPS) is 22.5. The Kier molecular flexibility index (Phi) is 7.11. The number of amides is 1. The smallest absolute Gasteiger partial charge is 0.234 e. The maximum atomic E-state index is 12.8. The van der Waals surface area contributed by atoms with Crippen LogP contribution >= 0.6 is 0 Å². The standard InChI is InChI=1S/C27H31N7O/c1-2-4-23-16-22-8-7-21(17-29-22)25-9-10-28-27(32-25)31-24-6-3-5-20(15-24)18-33-11-13-34(14-12-33)19-26(35)30-23/h2-3,5-10,15,17,23H,1,4,11-14,16,18-19H2,(H,30,35)(H,28,31,32). The van der Waals surface area contributed by atoms with Gasteiger partial charge in [-0.25, -0.2) is 9.97 Å². The van der Waals surface area contributed by atoms with Crippen LogP contribution in [0, 0.1) is 0 Å². The lowest BCUT2D eigenvalue weighted by molar-refractivity contribution is -0.123. The van der Waals surface area contributed by atoms with Crippen LogP contribution < -0.4 is 10.6 Å². The van der Waals surface area contributed by atoms with Gasteiger partial charge in [0.15, 0.2) is 0 Å². The molecule has 1 atom stereocenters. The van der Waals surface area contributed by atoms with Crippen LogP contribution in [0.25, 0.3) is 11.3 Å². The third-order valence-corrected chi connectivity index (χ3v) is 6.47. The molecule has 8 bridgehead atoms. The number of benzene rings is 1. The molecule has 0 aliphatic carbocycles. The SMILES string of the molecule is C=CCC1Cc2ccc(cn2)-c2ccnc(n2)Nc2cccc(c2)CN2CCN(CC2)CC(=O)N1. The van der Waals surface area contributed by atoms with Crippen LogP contribution in [0.2, 0.25) is 0 Å². The molecule has 180 valence electrons. The zero-order chi connectivity index (χ0) is 24.0. The molecule has 5 aliphatic rings. The number of hydrogen-bond acceptors (Lipinski definition) is 7. The van der Waals surface area contributed by atoms with Crippen molar-refractivity contribution < 1.29 is 4.79 Å². The van der Waals surface area contributed by atoms with Crippen LogP contribution in [0.4, 0.5) is 11.6 Å². The first kappa shape index (κ1) is 23.1. The fraction of sp³-hybridized carbons (Fsp3) is 0.333. The molecule has 5 aliphatic heterocycles. The van der Waals surface area contributed by atoms with E-state index in [0.717, 1.165) is 55.4 Å². The van der Waals surface area contributed by atoms with Gasteiger partial charge in [0, 0.05) is 74.5 Å². The molecule has 8 rings (SSSR count). The van der Waals surface area contributed by atoms with E-state index in [1.165, 1.54) is 5.56 Å². The van der Waals surface area contributed by atoms with Crippen molar-refractivity contribution in [2.75, 3.05) is 38.0 Å². The Morgan fingerprint density at radius 2 is 1.86 bits per heavy atom. The molecule has 1 aromatic carbocycles. The minimum atomic E-state index is -0.0325. The Morgan fingerprint density at radius 3 is 2.63 bits per heavy atom. The van der Waals surface area contributed by atoms with Crippen LogP contribution in [0.15, 0.2) is 67.5 Å². The predicted octanol–water partition coefficient (Wildman–Crippen LogP) is 3.02. The zero-order valence-corrected chi connectivity index (χ0v) is 19.9. The molecular formula is C27H31N7O. The first-order valence-electron chi connectivity index (χ1n) is 12.1. The maximum Gasteiger partial charge on any atom is 0.234 e. The average molecular weight is 470 g/mol. The molecule has 35 heavy (non-hydrogen) atoms. The summed E-state index contributed by atoms with van der Waals surface area (Å²) >= 11 is 0. The molecule has 2 aromatic heterocycles. The minimum absolute atomic E-state index is 0.0325. The maximum absolute atomic E-state index is 12.8. The number of nitrogens with one attached hydrogen (secondary N) is 2. The predicted molar refractivity (Wildman–Crippen MR) is 137 cm³/mol. The van der Waals surface area contributed by atoms with Crippen LogP contribution in [-0.4, -0.2) is 69.4 Å². The second-order valence-electron chi connectivity index (χ2n) is 9.17. The summed E-state index contributed by atoms with van der Waals surface area (Å²) in [6.45, 7) is 8.77. The largest absolute Gasteiger partial charge is 0.352 e. The van der Waals surface area contributed by atoms with Gasteiger partial charge < -0.3 is 10.6 Å². The van der Waals surface area contributed by atoms with Gasteiger partial charge in [0.2, 0.25) is 11.9 Å². The van der Waals surface area contributed by atoms with Gasteiger partial charge in [-0.3, -0.25) is 19.6 Å². The van der Waals surface area contributed by atoms with Crippen molar-refractivity contribution in [3.05, 3.63) is 78.8 Å². The number of rotatable bonds is 2. The van der Waals surface area contributed by atoms with Crippen molar-refractivity contribution in [2.24, 2.45) is 0 Å². The fourth-order valence-electron chi connectivity index (χ4n) is 4.64. The lowest BCUT2D eigenvalue weighted by Gasteiger charge is -2.34. The molecule has 1 saturated heterocycles. The van der Waals surface area contributed by atoms with E-state index in [1.54, 1.807) is 6.20 Å². The number of carbonyl (C=O) groups is 1. The topological polar surface area (TPSA) is 86.3 Å². The molecule has 0 radical (unpaired) electrons. The van der Waals surface area contributed by atoms with E-state index < -0.39 is 0 Å². The van der Waals surface area contributed by atoms with E-state index in [4.69, 9.17) is 4.98 Å². The molecule has 0 spiro atoms. The van der Waals surface area contributed by atoms with E-state index in [0.29, 0.717) is 25.3 Å². The van der Waals surface area contributed by atoms with E-state index in [2.05, 4.69) is 55.2 Å². The van der Waals surface area contributed by atoms with Crippen LogP contribution in [0.5, 0.6) is 0 Å². The monoisotopic (exact) mass is 469 g/mol. The van der Waals surface area contributed by atoms with E-state index in [-0.39, 0.29) is 11.9 Å². The lowest BCUT2D eigenvalue weighted by atomic mass is 10.1. The molecule has 3 aromatic rings. The second kappa shape index (κ2) is 10.8. The molecule has 7 heterocycles. The van der Waals surface area contributed by atoms with Crippen LogP contribution in [0.3, 0.4) is 0 Å². The number of carbonyl (C=O) groups excluding carboxylic acids is 1. The van der Waals surface area contributed by atoms with Crippen molar-refractivity contribution >= 4 is 17.5 Å². The molecule has 1 amide bonds. The Hall–Kier alpha value is -3.62. The summed E-state index contributed by atoms with van der Waals surface area (Å²) in [4.78, 5) is 31.2. The molecule has 8 heteroatoms. The third-order valence-electron chi connectivity index (χ3n) is 6.47. The summed E-state index contributed by atoms with van der Waals surface area (Å²) in [5.74, 6) is 0.608. The molecule has 8 nitrogen and oxygen atoms in total. The quantitative estimate of drug-likeness (QED) is 0.558. The highest BCUT2D eigenvalue weighted by molar-refractivity contribution is 5.78. The van der Waals surface area contributed by atoms with E-state index in [9.17, 15) is 4.79 Å². The van der Waals surface area contributed by atoms with Gasteiger partial charge in [0.25, 0.3) is 0 Å². The van der Waals surface area contributed by atoms with E-state index >= 15 is 0 Å². The van der Waals surface area contributed by atoms with Crippen molar-refractivity contribution in [3.63, 3.8) is 0 Å². The zero-order valence-electron chi connectivity index (χ0n) is 19.9. The third kappa shape index (κ3) is 6.09. The first-order chi connectivity index (χ1) is 17.1. The molecule has 2 N–H and O–H groups in total. The number of hydrogen-bond donors (Lipinski definition) is 2. The lowest BCUT2D eigenvalue weighted by Crippen LogP contribution is -2.50. The van der Waals surface area contributed by atoms with Gasteiger partial charge in [-0.1, -0.05) is 18.2 Å². The summed E-state index contributed by atoms with van der Waals surface area (Å²) in [5.41, 5.74) is 4.83. The molecular weight excluding hydrogens is 438 g/mol. The van der Waals surface area contributed by atoms with Crippen LogP contribution in [-0.2, 0) is 17.8 Å². The summed E-state index contributed by atoms with van der Waals surface area (Å²) < 4.78 is 0. The number of aromatic nitrogens is 3. The summed E-state index contributed by atoms with van der Waals surface area (Å²) in [6, 6.07) is 14.2. The van der Waals surface area contributed by atoms with Gasteiger partial charge in [0.1, 0.15) is 0 Å². The van der Waals surface area contributed by atoms with Crippen molar-refractivity contribution in [3.8, 4) is 11.3 Å².